The molecule has 2 N–H and O–H groups in total. The maximum atomic E-state index is 13.7. The predicted molar refractivity (Wildman–Crippen MR) is 109 cm³/mol. The number of carbonyl (C=O) groups is 1. The maximum absolute atomic E-state index is 13.7. The first-order valence-electron chi connectivity index (χ1n) is 9.29. The number of aryl methyl sites for hydroxylation is 1. The quantitative estimate of drug-likeness (QED) is 0.621. The monoisotopic (exact) mass is 454 g/mol. The highest BCUT2D eigenvalue weighted by molar-refractivity contribution is 6.35. The third-order valence-corrected chi connectivity index (χ3v) is 5.79. The molecule has 4 rings (SSSR count). The second-order valence-corrected chi connectivity index (χ2v) is 7.87. The van der Waals surface area contributed by atoms with Gasteiger partial charge in [-0.3, -0.25) is 9.48 Å². The van der Waals surface area contributed by atoms with E-state index < -0.39 is 17.5 Å². The number of piperidine rings is 1. The summed E-state index contributed by atoms with van der Waals surface area (Å²) in [4.78, 5) is 12.8. The van der Waals surface area contributed by atoms with Crippen LogP contribution in [-0.4, -0.2) is 34.8 Å². The molecule has 0 saturated carbocycles. The first-order valence-corrected chi connectivity index (χ1v) is 10.0. The first kappa shape index (κ1) is 20.8. The summed E-state index contributed by atoms with van der Waals surface area (Å²) in [6.45, 7) is 1.18. The van der Waals surface area contributed by atoms with Gasteiger partial charge in [-0.15, -0.1) is 0 Å². The number of nitrogens with one attached hydrogen (secondary N) is 2. The van der Waals surface area contributed by atoms with Gasteiger partial charge in [-0.05, 0) is 42.3 Å². The number of hydrogen-bond acceptors (Lipinski definition) is 4. The molecule has 0 radical (unpaired) electrons. The highest BCUT2D eigenvalue weighted by atomic mass is 35.5. The van der Waals surface area contributed by atoms with Gasteiger partial charge in [-0.25, -0.2) is 8.78 Å². The Bertz CT molecular complexity index is 1080. The van der Waals surface area contributed by atoms with E-state index in [0.29, 0.717) is 41.4 Å². The molecular formula is C20H18Cl2F2N4O2. The largest absolute Gasteiger partial charge is 0.439 e. The molecule has 3 aromatic rings. The summed E-state index contributed by atoms with van der Waals surface area (Å²) in [5.41, 5.74) is 1.61. The van der Waals surface area contributed by atoms with E-state index in [1.807, 2.05) is 0 Å². The Balaban J connectivity index is 1.56. The standard InChI is InChI=1S/C20H18Cl2F2N4O2/c1-28-18(13(21)8-26-28)12-7-17(30-19(12)22)20(29)27-16-9-25-5-4-11(16)10-2-3-14(23)15(24)6-10/h2-3,6-8,11,16,25H,4-5,9H2,1H3,(H,27,29)/t11-,16+/m1/s1. The van der Waals surface area contributed by atoms with Crippen LogP contribution in [0.3, 0.4) is 0 Å². The highest BCUT2D eigenvalue weighted by Crippen LogP contribution is 2.35. The van der Waals surface area contributed by atoms with E-state index in [9.17, 15) is 13.6 Å². The molecule has 1 aromatic carbocycles. The molecule has 1 fully saturated rings. The molecule has 2 aromatic heterocycles. The molecule has 1 aliphatic rings. The van der Waals surface area contributed by atoms with Gasteiger partial charge < -0.3 is 15.1 Å². The smallest absolute Gasteiger partial charge is 0.287 e. The van der Waals surface area contributed by atoms with Crippen molar-refractivity contribution in [3.8, 4) is 11.3 Å². The molecule has 10 heteroatoms. The molecule has 3 heterocycles. The number of amides is 1. The summed E-state index contributed by atoms with van der Waals surface area (Å²) in [6.07, 6.45) is 2.13. The molecule has 1 saturated heterocycles. The first-order chi connectivity index (χ1) is 14.3. The number of nitrogens with zero attached hydrogens (tertiary/aromatic N) is 2. The average molecular weight is 455 g/mol. The molecule has 30 heavy (non-hydrogen) atoms. The zero-order valence-corrected chi connectivity index (χ0v) is 17.4. The Kier molecular flexibility index (Phi) is 5.81. The Hall–Kier alpha value is -2.42. The van der Waals surface area contributed by atoms with Gasteiger partial charge in [-0.1, -0.05) is 17.7 Å². The molecule has 0 unspecified atom stereocenters. The lowest BCUT2D eigenvalue weighted by atomic mass is 9.86. The Morgan fingerprint density at radius 1 is 1.30 bits per heavy atom. The number of rotatable bonds is 4. The summed E-state index contributed by atoms with van der Waals surface area (Å²) >= 11 is 12.3. The van der Waals surface area contributed by atoms with Crippen molar-refractivity contribution in [2.24, 2.45) is 7.05 Å². The highest BCUT2D eigenvalue weighted by Gasteiger charge is 2.30. The maximum Gasteiger partial charge on any atom is 0.287 e. The normalized spacial score (nSPS) is 19.1. The third-order valence-electron chi connectivity index (χ3n) is 5.23. The van der Waals surface area contributed by atoms with Crippen LogP contribution in [0.2, 0.25) is 10.2 Å². The number of carbonyl (C=O) groups excluding carboxylic acids is 1. The number of hydrogen-bond donors (Lipinski definition) is 2. The number of benzene rings is 1. The SMILES string of the molecule is Cn1ncc(Cl)c1-c1cc(C(=O)N[C@H]2CNCC[C@@H]2c2ccc(F)c(F)c2)oc1Cl. The van der Waals surface area contributed by atoms with Crippen LogP contribution < -0.4 is 10.6 Å². The lowest BCUT2D eigenvalue weighted by Gasteiger charge is -2.33. The lowest BCUT2D eigenvalue weighted by Crippen LogP contribution is -2.50. The molecule has 1 amide bonds. The van der Waals surface area contributed by atoms with E-state index in [-0.39, 0.29) is 22.9 Å². The lowest BCUT2D eigenvalue weighted by molar-refractivity contribution is 0.0896. The van der Waals surface area contributed by atoms with Gasteiger partial charge in [0.1, 0.15) is 0 Å². The molecule has 0 aliphatic carbocycles. The van der Waals surface area contributed by atoms with Gasteiger partial charge in [0.25, 0.3) is 5.91 Å². The number of aromatic nitrogens is 2. The Morgan fingerprint density at radius 3 is 2.80 bits per heavy atom. The molecule has 0 bridgehead atoms. The number of furan rings is 1. The van der Waals surface area contributed by atoms with Crippen LogP contribution in [0, 0.1) is 11.6 Å². The molecular weight excluding hydrogens is 437 g/mol. The van der Waals surface area contributed by atoms with Crippen LogP contribution in [0.15, 0.2) is 34.9 Å². The van der Waals surface area contributed by atoms with Crippen LogP contribution in [0.4, 0.5) is 8.78 Å². The summed E-state index contributed by atoms with van der Waals surface area (Å²) in [5.74, 6) is -2.45. The van der Waals surface area contributed by atoms with Crippen molar-refractivity contribution in [1.29, 1.82) is 0 Å². The van der Waals surface area contributed by atoms with E-state index in [0.717, 1.165) is 6.07 Å². The number of halogens is 4. The molecule has 2 atom stereocenters. The van der Waals surface area contributed by atoms with Crippen LogP contribution in [0.5, 0.6) is 0 Å². The van der Waals surface area contributed by atoms with Crippen molar-refractivity contribution >= 4 is 29.1 Å². The van der Waals surface area contributed by atoms with Gasteiger partial charge in [0, 0.05) is 31.6 Å². The predicted octanol–water partition coefficient (Wildman–Crippen LogP) is 4.14. The van der Waals surface area contributed by atoms with Gasteiger partial charge in [-0.2, -0.15) is 5.10 Å². The Morgan fingerprint density at radius 2 is 2.10 bits per heavy atom. The van der Waals surface area contributed by atoms with Crippen molar-refractivity contribution in [3.05, 3.63) is 63.7 Å². The summed E-state index contributed by atoms with van der Waals surface area (Å²) in [6, 6.07) is 4.98. The van der Waals surface area contributed by atoms with Gasteiger partial charge in [0.2, 0.25) is 5.22 Å². The van der Waals surface area contributed by atoms with E-state index in [4.69, 9.17) is 27.6 Å². The zero-order chi connectivity index (χ0) is 21.4. The van der Waals surface area contributed by atoms with Crippen LogP contribution in [0.1, 0.15) is 28.5 Å². The minimum Gasteiger partial charge on any atom is -0.439 e. The van der Waals surface area contributed by atoms with E-state index >= 15 is 0 Å². The Labute approximate surface area is 181 Å². The van der Waals surface area contributed by atoms with Crippen molar-refractivity contribution in [1.82, 2.24) is 20.4 Å². The van der Waals surface area contributed by atoms with Crippen molar-refractivity contribution in [2.45, 2.75) is 18.4 Å². The fourth-order valence-corrected chi connectivity index (χ4v) is 4.24. The second-order valence-electron chi connectivity index (χ2n) is 7.12. The van der Waals surface area contributed by atoms with E-state index in [2.05, 4.69) is 15.7 Å². The zero-order valence-electron chi connectivity index (χ0n) is 15.9. The summed E-state index contributed by atoms with van der Waals surface area (Å²) in [7, 11) is 1.70. The fourth-order valence-electron chi connectivity index (χ4n) is 3.75. The van der Waals surface area contributed by atoms with E-state index in [1.165, 1.54) is 23.0 Å². The van der Waals surface area contributed by atoms with Crippen molar-refractivity contribution in [3.63, 3.8) is 0 Å². The third kappa shape index (κ3) is 3.95. The topological polar surface area (TPSA) is 72.1 Å². The summed E-state index contributed by atoms with van der Waals surface area (Å²) in [5, 5.41) is 10.6. The summed E-state index contributed by atoms with van der Waals surface area (Å²) < 4.78 is 34.0. The minimum absolute atomic E-state index is 0.0156. The molecule has 0 spiro atoms. The molecule has 158 valence electrons. The van der Waals surface area contributed by atoms with Crippen molar-refractivity contribution < 1.29 is 18.0 Å². The van der Waals surface area contributed by atoms with Crippen LogP contribution in [0.25, 0.3) is 11.3 Å². The average Bonchev–Trinajstić information content (AvgIpc) is 3.26. The molecule has 1 aliphatic heterocycles. The van der Waals surface area contributed by atoms with Crippen LogP contribution >= 0.6 is 23.2 Å². The van der Waals surface area contributed by atoms with Gasteiger partial charge in [0.05, 0.1) is 22.5 Å². The van der Waals surface area contributed by atoms with Gasteiger partial charge in [0.15, 0.2) is 17.4 Å². The molecule has 6 nitrogen and oxygen atoms in total. The van der Waals surface area contributed by atoms with Crippen LogP contribution in [-0.2, 0) is 7.05 Å². The second kappa shape index (κ2) is 8.37. The van der Waals surface area contributed by atoms with Crippen molar-refractivity contribution in [2.75, 3.05) is 13.1 Å². The van der Waals surface area contributed by atoms with Gasteiger partial charge >= 0.3 is 0 Å². The van der Waals surface area contributed by atoms with E-state index in [1.54, 1.807) is 13.1 Å². The minimum atomic E-state index is -0.911. The fraction of sp³-hybridized carbons (Fsp3) is 0.300.